The van der Waals surface area contributed by atoms with Crippen molar-refractivity contribution in [2.45, 2.75) is 18.6 Å². The van der Waals surface area contributed by atoms with E-state index in [1.807, 2.05) is 52.3 Å². The molecule has 2 aromatic rings. The number of nitrogens with zero attached hydrogens (tertiary/aromatic N) is 2. The fourth-order valence-electron chi connectivity index (χ4n) is 3.68. The molecule has 26 heavy (non-hydrogen) atoms. The van der Waals surface area contributed by atoms with Crippen molar-refractivity contribution < 1.29 is 8.42 Å². The lowest BCUT2D eigenvalue weighted by Gasteiger charge is -2.26. The zero-order valence-corrected chi connectivity index (χ0v) is 17.7. The van der Waals surface area contributed by atoms with Crippen LogP contribution in [0.4, 0.5) is 5.69 Å². The predicted molar refractivity (Wildman–Crippen MR) is 112 cm³/mol. The molecule has 0 aromatic heterocycles. The van der Waals surface area contributed by atoms with E-state index in [-0.39, 0.29) is 23.6 Å². The molecule has 2 aromatic carbocycles. The third-order valence-corrected chi connectivity index (χ3v) is 7.72. The van der Waals surface area contributed by atoms with Gasteiger partial charge >= 0.3 is 0 Å². The summed E-state index contributed by atoms with van der Waals surface area (Å²) in [5.74, 6) is 0.243. The van der Waals surface area contributed by atoms with Gasteiger partial charge in [0.1, 0.15) is 0 Å². The minimum atomic E-state index is -3.10. The van der Waals surface area contributed by atoms with E-state index in [0.717, 1.165) is 15.7 Å². The number of fused-ring (bicyclic) bond motifs is 1. The maximum Gasteiger partial charge on any atom is 0.177 e. The van der Waals surface area contributed by atoms with E-state index in [2.05, 4.69) is 15.9 Å². The molecule has 0 radical (unpaired) electrons. The van der Waals surface area contributed by atoms with Gasteiger partial charge in [-0.3, -0.25) is 0 Å². The maximum atomic E-state index is 12.3. The minimum absolute atomic E-state index is 0.112. The first-order valence-electron chi connectivity index (χ1n) is 8.14. The van der Waals surface area contributed by atoms with Crippen molar-refractivity contribution in [1.82, 2.24) is 4.90 Å². The monoisotopic (exact) mass is 470 g/mol. The number of rotatable bonds is 3. The van der Waals surface area contributed by atoms with E-state index < -0.39 is 9.84 Å². The van der Waals surface area contributed by atoms with Crippen LogP contribution in [-0.4, -0.2) is 42.0 Å². The van der Waals surface area contributed by atoms with Crippen LogP contribution in [0, 0.1) is 0 Å². The Balaban J connectivity index is 1.70. The standard InChI is InChI=1S/C18H16BrClN2O2S2/c19-13-6-4-12(5-7-13)9-21-16-10-26(23,24)11-17(16)22(18(21)25)15-3-1-2-14(20)8-15/h1-8,16-17H,9-11H2/t16-,17+/m0/s1. The molecule has 2 saturated heterocycles. The largest absolute Gasteiger partial charge is 0.338 e. The third kappa shape index (κ3) is 3.38. The van der Waals surface area contributed by atoms with Gasteiger partial charge in [-0.1, -0.05) is 45.7 Å². The summed E-state index contributed by atoms with van der Waals surface area (Å²) in [6.45, 7) is 0.583. The normalized spacial score (nSPS) is 24.2. The summed E-state index contributed by atoms with van der Waals surface area (Å²) in [4.78, 5) is 3.99. The smallest absolute Gasteiger partial charge is 0.177 e. The molecule has 4 nitrogen and oxygen atoms in total. The van der Waals surface area contributed by atoms with Gasteiger partial charge in [0.15, 0.2) is 14.9 Å². The number of hydrogen-bond acceptors (Lipinski definition) is 3. The summed E-state index contributed by atoms with van der Waals surface area (Å²) < 4.78 is 25.6. The lowest BCUT2D eigenvalue weighted by molar-refractivity contribution is 0.351. The van der Waals surface area contributed by atoms with E-state index in [9.17, 15) is 8.42 Å². The van der Waals surface area contributed by atoms with Crippen molar-refractivity contribution >= 4 is 60.4 Å². The summed E-state index contributed by atoms with van der Waals surface area (Å²) in [5, 5.41) is 1.26. The average molecular weight is 472 g/mol. The molecule has 2 aliphatic heterocycles. The topological polar surface area (TPSA) is 40.6 Å². The van der Waals surface area contributed by atoms with E-state index in [1.54, 1.807) is 6.07 Å². The summed E-state index contributed by atoms with van der Waals surface area (Å²) in [7, 11) is -3.10. The Morgan fingerprint density at radius 1 is 1.12 bits per heavy atom. The lowest BCUT2D eigenvalue weighted by Crippen LogP contribution is -2.37. The maximum absolute atomic E-state index is 12.3. The van der Waals surface area contributed by atoms with Gasteiger partial charge in [0.05, 0.1) is 23.6 Å². The van der Waals surface area contributed by atoms with Gasteiger partial charge in [-0.25, -0.2) is 8.42 Å². The van der Waals surface area contributed by atoms with Crippen molar-refractivity contribution in [3.63, 3.8) is 0 Å². The molecule has 0 aliphatic carbocycles. The molecule has 2 heterocycles. The number of hydrogen-bond donors (Lipinski definition) is 0. The van der Waals surface area contributed by atoms with Crippen LogP contribution >= 0.6 is 39.7 Å². The second kappa shape index (κ2) is 6.78. The lowest BCUT2D eigenvalue weighted by atomic mass is 10.1. The van der Waals surface area contributed by atoms with Gasteiger partial charge in [-0.15, -0.1) is 0 Å². The van der Waals surface area contributed by atoms with Crippen molar-refractivity contribution in [3.05, 3.63) is 63.6 Å². The molecule has 0 saturated carbocycles. The molecule has 0 N–H and O–H groups in total. The molecule has 2 fully saturated rings. The van der Waals surface area contributed by atoms with E-state index in [1.165, 1.54) is 0 Å². The molecule has 8 heteroatoms. The van der Waals surface area contributed by atoms with E-state index in [4.69, 9.17) is 23.8 Å². The molecule has 4 rings (SSSR count). The molecule has 0 spiro atoms. The van der Waals surface area contributed by atoms with Crippen molar-refractivity contribution in [1.29, 1.82) is 0 Å². The summed E-state index contributed by atoms with van der Waals surface area (Å²) in [6, 6.07) is 15.1. The quantitative estimate of drug-likeness (QED) is 0.636. The number of sulfone groups is 1. The Morgan fingerprint density at radius 3 is 2.50 bits per heavy atom. The highest BCUT2D eigenvalue weighted by Gasteiger charge is 2.51. The van der Waals surface area contributed by atoms with Crippen molar-refractivity contribution in [2.24, 2.45) is 0 Å². The number of halogens is 2. The van der Waals surface area contributed by atoms with Gasteiger partial charge in [0.25, 0.3) is 0 Å². The Kier molecular flexibility index (Phi) is 4.75. The molecule has 2 aliphatic rings. The van der Waals surface area contributed by atoms with Crippen molar-refractivity contribution in [3.8, 4) is 0 Å². The molecule has 0 unspecified atom stereocenters. The Hall–Kier alpha value is -1.15. The number of anilines is 1. The average Bonchev–Trinajstić information content (AvgIpc) is 3.00. The number of thiocarbonyl (C=S) groups is 1. The first-order valence-corrected chi connectivity index (χ1v) is 11.5. The molecular weight excluding hydrogens is 456 g/mol. The van der Waals surface area contributed by atoms with Crippen LogP contribution in [0.3, 0.4) is 0 Å². The fraction of sp³-hybridized carbons (Fsp3) is 0.278. The molecular formula is C18H16BrClN2O2S2. The highest BCUT2D eigenvalue weighted by molar-refractivity contribution is 9.10. The second-order valence-corrected chi connectivity index (χ2v) is 10.5. The Morgan fingerprint density at radius 2 is 1.81 bits per heavy atom. The van der Waals surface area contributed by atoms with Crippen LogP contribution in [-0.2, 0) is 16.4 Å². The van der Waals surface area contributed by atoms with Crippen LogP contribution in [0.1, 0.15) is 5.56 Å². The molecule has 136 valence electrons. The predicted octanol–water partition coefficient (Wildman–Crippen LogP) is 3.88. The molecule has 0 amide bonds. The van der Waals surface area contributed by atoms with Crippen molar-refractivity contribution in [2.75, 3.05) is 16.4 Å². The van der Waals surface area contributed by atoms with Gasteiger partial charge in [-0.05, 0) is 48.1 Å². The Labute approximate surface area is 171 Å². The summed E-state index contributed by atoms with van der Waals surface area (Å²) in [6.07, 6.45) is 0. The first-order chi connectivity index (χ1) is 12.3. The zero-order valence-electron chi connectivity index (χ0n) is 13.7. The molecule has 2 atom stereocenters. The summed E-state index contributed by atoms with van der Waals surface area (Å²) in [5.41, 5.74) is 1.93. The zero-order chi connectivity index (χ0) is 18.5. The van der Waals surface area contributed by atoms with Crippen LogP contribution in [0.2, 0.25) is 5.02 Å². The van der Waals surface area contributed by atoms with Crippen LogP contribution in [0.5, 0.6) is 0 Å². The van der Waals surface area contributed by atoms with E-state index >= 15 is 0 Å². The first kappa shape index (κ1) is 18.2. The third-order valence-electron chi connectivity index (χ3n) is 4.83. The Bertz CT molecular complexity index is 965. The second-order valence-electron chi connectivity index (χ2n) is 6.60. The van der Waals surface area contributed by atoms with Gasteiger partial charge in [0.2, 0.25) is 0 Å². The SMILES string of the molecule is O=S1(=O)C[C@@H]2[C@H](C1)N(Cc1ccc(Br)cc1)C(=S)N2c1cccc(Cl)c1. The van der Waals surface area contributed by atoms with Gasteiger partial charge in [-0.2, -0.15) is 0 Å². The highest BCUT2D eigenvalue weighted by atomic mass is 79.9. The number of benzene rings is 2. The highest BCUT2D eigenvalue weighted by Crippen LogP contribution is 2.36. The van der Waals surface area contributed by atoms with Crippen LogP contribution < -0.4 is 4.90 Å². The molecule has 0 bridgehead atoms. The fourth-order valence-corrected chi connectivity index (χ4v) is 6.52. The van der Waals surface area contributed by atoms with Gasteiger partial charge in [0, 0.05) is 21.7 Å². The van der Waals surface area contributed by atoms with Gasteiger partial charge < -0.3 is 9.80 Å². The van der Waals surface area contributed by atoms with Crippen LogP contribution in [0.25, 0.3) is 0 Å². The van der Waals surface area contributed by atoms with E-state index in [0.29, 0.717) is 16.7 Å². The minimum Gasteiger partial charge on any atom is -0.338 e. The summed E-state index contributed by atoms with van der Waals surface area (Å²) >= 11 is 15.3. The van der Waals surface area contributed by atoms with Crippen LogP contribution in [0.15, 0.2) is 53.0 Å².